The van der Waals surface area contributed by atoms with Crippen LogP contribution in [0.4, 0.5) is 14.5 Å². The van der Waals surface area contributed by atoms with E-state index in [9.17, 15) is 13.6 Å². The molecule has 4 nitrogen and oxygen atoms in total. The van der Waals surface area contributed by atoms with E-state index < -0.39 is 6.61 Å². The van der Waals surface area contributed by atoms with Gasteiger partial charge < -0.3 is 14.8 Å². The summed E-state index contributed by atoms with van der Waals surface area (Å²) in [4.78, 5) is 11.1. The molecule has 0 bridgehead atoms. The maximum Gasteiger partial charge on any atom is 0.387 e. The molecule has 0 aliphatic carbocycles. The standard InChI is InChI=1S/C11H13F2NO3/c1-3-10(15)14-7-4-5-8(16-2)9(6-7)17-11(12)13/h4-6,11H,3H2,1-2H3,(H,14,15). The highest BCUT2D eigenvalue weighted by Crippen LogP contribution is 2.31. The van der Waals surface area contributed by atoms with Gasteiger partial charge in [0.05, 0.1) is 7.11 Å². The van der Waals surface area contributed by atoms with Gasteiger partial charge in [0.25, 0.3) is 0 Å². The predicted octanol–water partition coefficient (Wildman–Crippen LogP) is 2.65. The quantitative estimate of drug-likeness (QED) is 0.867. The Balaban J connectivity index is 2.91. The lowest BCUT2D eigenvalue weighted by Crippen LogP contribution is -2.10. The molecule has 0 spiro atoms. The Labute approximate surface area is 97.5 Å². The number of amides is 1. The van der Waals surface area contributed by atoms with Crippen molar-refractivity contribution in [3.63, 3.8) is 0 Å². The summed E-state index contributed by atoms with van der Waals surface area (Å²) < 4.78 is 33.4. The molecule has 1 amide bonds. The minimum atomic E-state index is -2.94. The summed E-state index contributed by atoms with van der Waals surface area (Å²) in [6, 6.07) is 4.28. The monoisotopic (exact) mass is 245 g/mol. The Morgan fingerprint density at radius 3 is 2.65 bits per heavy atom. The van der Waals surface area contributed by atoms with Gasteiger partial charge >= 0.3 is 6.61 Å². The van der Waals surface area contributed by atoms with E-state index >= 15 is 0 Å². The fourth-order valence-electron chi connectivity index (χ4n) is 1.19. The average Bonchev–Trinajstić information content (AvgIpc) is 2.28. The molecular weight excluding hydrogens is 232 g/mol. The van der Waals surface area contributed by atoms with Crippen LogP contribution in [0.1, 0.15) is 13.3 Å². The smallest absolute Gasteiger partial charge is 0.387 e. The zero-order chi connectivity index (χ0) is 12.8. The minimum absolute atomic E-state index is 0.114. The Kier molecular flexibility index (Phi) is 4.68. The zero-order valence-electron chi connectivity index (χ0n) is 9.50. The highest BCUT2D eigenvalue weighted by molar-refractivity contribution is 5.90. The summed E-state index contributed by atoms with van der Waals surface area (Å²) in [5.41, 5.74) is 0.383. The van der Waals surface area contributed by atoms with Crippen LogP contribution in [0.15, 0.2) is 18.2 Å². The highest BCUT2D eigenvalue weighted by atomic mass is 19.3. The molecule has 0 aromatic heterocycles. The second kappa shape index (κ2) is 6.03. The van der Waals surface area contributed by atoms with Crippen molar-refractivity contribution in [3.05, 3.63) is 18.2 Å². The summed E-state index contributed by atoms with van der Waals surface area (Å²) in [5, 5.41) is 2.54. The number of hydrogen-bond acceptors (Lipinski definition) is 3. The lowest BCUT2D eigenvalue weighted by Gasteiger charge is -2.11. The molecule has 1 aromatic rings. The lowest BCUT2D eigenvalue weighted by molar-refractivity contribution is -0.115. The third-order valence-corrected chi connectivity index (χ3v) is 1.98. The van der Waals surface area contributed by atoms with Gasteiger partial charge in [0, 0.05) is 18.2 Å². The van der Waals surface area contributed by atoms with Crippen LogP contribution in [0.5, 0.6) is 11.5 Å². The van der Waals surface area contributed by atoms with Gasteiger partial charge in [-0.25, -0.2) is 0 Å². The van der Waals surface area contributed by atoms with Crippen molar-refractivity contribution in [1.82, 2.24) is 0 Å². The average molecular weight is 245 g/mol. The fourth-order valence-corrected chi connectivity index (χ4v) is 1.19. The van der Waals surface area contributed by atoms with Gasteiger partial charge in [0.15, 0.2) is 11.5 Å². The Bertz CT molecular complexity index is 396. The number of halogens is 2. The van der Waals surface area contributed by atoms with E-state index in [0.29, 0.717) is 12.1 Å². The van der Waals surface area contributed by atoms with Gasteiger partial charge in [-0.3, -0.25) is 4.79 Å². The van der Waals surface area contributed by atoms with Crippen LogP contribution in [0.3, 0.4) is 0 Å². The van der Waals surface area contributed by atoms with Crippen molar-refractivity contribution < 1.29 is 23.0 Å². The molecule has 1 rings (SSSR count). The fraction of sp³-hybridized carbons (Fsp3) is 0.364. The number of nitrogens with one attached hydrogen (secondary N) is 1. The highest BCUT2D eigenvalue weighted by Gasteiger charge is 2.11. The number of alkyl halides is 2. The van der Waals surface area contributed by atoms with Gasteiger partial charge in [-0.05, 0) is 12.1 Å². The molecule has 0 saturated carbocycles. The summed E-state index contributed by atoms with van der Waals surface area (Å²) in [6.45, 7) is -1.25. The summed E-state index contributed by atoms with van der Waals surface area (Å²) in [7, 11) is 1.35. The molecule has 0 radical (unpaired) electrons. The van der Waals surface area contributed by atoms with E-state index in [1.165, 1.54) is 19.2 Å². The van der Waals surface area contributed by atoms with Crippen LogP contribution in [-0.2, 0) is 4.79 Å². The van der Waals surface area contributed by atoms with Crippen LogP contribution in [0, 0.1) is 0 Å². The van der Waals surface area contributed by atoms with E-state index in [-0.39, 0.29) is 17.4 Å². The molecular formula is C11H13F2NO3. The van der Waals surface area contributed by atoms with Crippen LogP contribution in [0.2, 0.25) is 0 Å². The van der Waals surface area contributed by atoms with Crippen molar-refractivity contribution in [3.8, 4) is 11.5 Å². The summed E-state index contributed by atoms with van der Waals surface area (Å²) >= 11 is 0. The van der Waals surface area contributed by atoms with Gasteiger partial charge in [0.1, 0.15) is 0 Å². The number of benzene rings is 1. The number of carbonyl (C=O) groups is 1. The molecule has 6 heteroatoms. The first-order valence-electron chi connectivity index (χ1n) is 4.99. The largest absolute Gasteiger partial charge is 0.493 e. The zero-order valence-corrected chi connectivity index (χ0v) is 9.50. The third kappa shape index (κ3) is 3.90. The van der Waals surface area contributed by atoms with E-state index in [4.69, 9.17) is 4.74 Å². The number of hydrogen-bond donors (Lipinski definition) is 1. The second-order valence-electron chi connectivity index (χ2n) is 3.15. The number of ether oxygens (including phenoxy) is 2. The first-order valence-corrected chi connectivity index (χ1v) is 4.99. The summed E-state index contributed by atoms with van der Waals surface area (Å²) in [5.74, 6) is -0.144. The van der Waals surface area contributed by atoms with Gasteiger partial charge in [0.2, 0.25) is 5.91 Å². The molecule has 0 atom stereocenters. The first kappa shape index (κ1) is 13.2. The molecule has 1 aromatic carbocycles. The molecule has 1 N–H and O–H groups in total. The molecule has 0 fully saturated rings. The Morgan fingerprint density at radius 2 is 2.12 bits per heavy atom. The maximum absolute atomic E-state index is 12.1. The minimum Gasteiger partial charge on any atom is -0.493 e. The van der Waals surface area contributed by atoms with Crippen molar-refractivity contribution in [2.24, 2.45) is 0 Å². The first-order chi connectivity index (χ1) is 8.06. The van der Waals surface area contributed by atoms with Crippen LogP contribution >= 0.6 is 0 Å². The Hall–Kier alpha value is -1.85. The topological polar surface area (TPSA) is 47.6 Å². The van der Waals surface area contributed by atoms with Crippen LogP contribution < -0.4 is 14.8 Å². The molecule has 0 aliphatic heterocycles. The molecule has 0 heterocycles. The summed E-state index contributed by atoms with van der Waals surface area (Å²) in [6.07, 6.45) is 0.303. The van der Waals surface area contributed by atoms with Crippen LogP contribution in [0.25, 0.3) is 0 Å². The number of rotatable bonds is 5. The van der Waals surface area contributed by atoms with E-state index in [2.05, 4.69) is 10.1 Å². The van der Waals surface area contributed by atoms with E-state index in [0.717, 1.165) is 0 Å². The van der Waals surface area contributed by atoms with Crippen molar-refractivity contribution in [2.75, 3.05) is 12.4 Å². The molecule has 0 saturated heterocycles. The SMILES string of the molecule is CCC(=O)Nc1ccc(OC)c(OC(F)F)c1. The molecule has 94 valence electrons. The number of methoxy groups -OCH3 is 1. The van der Waals surface area contributed by atoms with Crippen LogP contribution in [-0.4, -0.2) is 19.6 Å². The normalized spacial score (nSPS) is 10.2. The van der Waals surface area contributed by atoms with Crippen molar-refractivity contribution in [1.29, 1.82) is 0 Å². The van der Waals surface area contributed by atoms with E-state index in [1.54, 1.807) is 13.0 Å². The number of carbonyl (C=O) groups excluding carboxylic acids is 1. The predicted molar refractivity (Wildman–Crippen MR) is 58.5 cm³/mol. The molecule has 0 aliphatic rings. The number of anilines is 1. The second-order valence-corrected chi connectivity index (χ2v) is 3.15. The van der Waals surface area contributed by atoms with E-state index in [1.807, 2.05) is 0 Å². The van der Waals surface area contributed by atoms with Gasteiger partial charge in [-0.2, -0.15) is 8.78 Å². The van der Waals surface area contributed by atoms with Gasteiger partial charge in [-0.1, -0.05) is 6.92 Å². The van der Waals surface area contributed by atoms with Gasteiger partial charge in [-0.15, -0.1) is 0 Å². The maximum atomic E-state index is 12.1. The van der Waals surface area contributed by atoms with Crippen molar-refractivity contribution in [2.45, 2.75) is 20.0 Å². The molecule has 0 unspecified atom stereocenters. The third-order valence-electron chi connectivity index (χ3n) is 1.98. The molecule has 17 heavy (non-hydrogen) atoms. The Morgan fingerprint density at radius 1 is 1.41 bits per heavy atom. The lowest BCUT2D eigenvalue weighted by atomic mass is 10.2. The van der Waals surface area contributed by atoms with Crippen molar-refractivity contribution >= 4 is 11.6 Å².